The van der Waals surface area contributed by atoms with Crippen molar-refractivity contribution < 1.29 is 19.7 Å². The Morgan fingerprint density at radius 1 is 1.00 bits per heavy atom. The third-order valence-corrected chi connectivity index (χ3v) is 6.07. The van der Waals surface area contributed by atoms with Crippen LogP contribution >= 0.6 is 0 Å². The first-order chi connectivity index (χ1) is 17.4. The zero-order valence-electron chi connectivity index (χ0n) is 20.7. The van der Waals surface area contributed by atoms with Crippen LogP contribution in [0.5, 0.6) is 11.6 Å². The average molecular weight is 490 g/mol. The summed E-state index contributed by atoms with van der Waals surface area (Å²) >= 11 is 0. The summed E-state index contributed by atoms with van der Waals surface area (Å²) in [6.07, 6.45) is 2.39. The van der Waals surface area contributed by atoms with Crippen LogP contribution < -0.4 is 9.47 Å². The van der Waals surface area contributed by atoms with Gasteiger partial charge in [0.2, 0.25) is 5.88 Å². The first-order valence-corrected chi connectivity index (χ1v) is 11.9. The number of pyridine rings is 1. The topological polar surface area (TPSA) is 126 Å². The van der Waals surface area contributed by atoms with Gasteiger partial charge in [-0.05, 0) is 78.3 Å². The van der Waals surface area contributed by atoms with E-state index in [0.29, 0.717) is 30.5 Å². The Hall–Kier alpha value is -3.82. The van der Waals surface area contributed by atoms with Gasteiger partial charge in [0, 0.05) is 18.7 Å². The molecule has 0 saturated heterocycles. The number of aliphatic hydroxyl groups excluding tert-OH is 2. The van der Waals surface area contributed by atoms with Crippen molar-refractivity contribution in [2.45, 2.75) is 46.3 Å². The monoisotopic (exact) mass is 489 g/mol. The predicted molar refractivity (Wildman–Crippen MR) is 135 cm³/mol. The van der Waals surface area contributed by atoms with E-state index in [1.54, 1.807) is 0 Å². The second-order valence-corrected chi connectivity index (χ2v) is 8.79. The van der Waals surface area contributed by atoms with Crippen LogP contribution in [0.4, 0.5) is 0 Å². The lowest BCUT2D eigenvalue weighted by atomic mass is 9.90. The number of hydrogen-bond donors (Lipinski definition) is 3. The number of aromatic nitrogens is 5. The number of aromatic amines is 1. The molecule has 0 aliphatic carbocycles. The molecule has 0 radical (unpaired) electrons. The Kier molecular flexibility index (Phi) is 8.24. The van der Waals surface area contributed by atoms with E-state index < -0.39 is 6.10 Å². The van der Waals surface area contributed by atoms with Crippen LogP contribution in [0, 0.1) is 20.8 Å². The lowest BCUT2D eigenvalue weighted by Crippen LogP contribution is -2.21. The summed E-state index contributed by atoms with van der Waals surface area (Å²) in [4.78, 5) is 4.44. The Bertz CT molecular complexity index is 1250. The molecule has 0 aliphatic rings. The zero-order valence-corrected chi connectivity index (χ0v) is 20.7. The van der Waals surface area contributed by atoms with Gasteiger partial charge in [-0.15, -0.1) is 10.2 Å². The minimum Gasteiger partial charge on any atom is -0.491 e. The van der Waals surface area contributed by atoms with Gasteiger partial charge >= 0.3 is 0 Å². The number of tetrazole rings is 1. The van der Waals surface area contributed by atoms with Gasteiger partial charge in [0.25, 0.3) is 0 Å². The molecule has 0 fully saturated rings. The standard InChI is InChI=1S/C27H31N5O4/c1-17-11-23(35-16-22(34)14-33)12-18(2)27(17)24-6-4-5-21(19(24)3)15-36-26-10-8-20(13-28-26)7-9-25-29-31-32-30-25/h4-6,8,10-13,22,33-34H,7,9,14-16H2,1-3H3,(H,29,30,31,32)/t22-/m0/s1. The van der Waals surface area contributed by atoms with Crippen LogP contribution in [0.1, 0.15) is 33.6 Å². The van der Waals surface area contributed by atoms with Crippen LogP contribution in [0.2, 0.25) is 0 Å². The second-order valence-electron chi connectivity index (χ2n) is 8.79. The number of rotatable bonds is 11. The van der Waals surface area contributed by atoms with Gasteiger partial charge in [-0.1, -0.05) is 29.5 Å². The maximum atomic E-state index is 9.56. The van der Waals surface area contributed by atoms with E-state index in [1.807, 2.05) is 50.4 Å². The Balaban J connectivity index is 1.43. The van der Waals surface area contributed by atoms with Gasteiger partial charge in [0.05, 0.1) is 6.61 Å². The molecule has 2 aromatic carbocycles. The molecule has 0 unspecified atom stereocenters. The molecule has 2 heterocycles. The highest BCUT2D eigenvalue weighted by Crippen LogP contribution is 2.34. The number of benzene rings is 2. The summed E-state index contributed by atoms with van der Waals surface area (Å²) in [5.41, 5.74) is 7.73. The van der Waals surface area contributed by atoms with Crippen molar-refractivity contribution in [3.63, 3.8) is 0 Å². The third kappa shape index (κ3) is 6.24. The van der Waals surface area contributed by atoms with Gasteiger partial charge < -0.3 is 19.7 Å². The average Bonchev–Trinajstić information content (AvgIpc) is 3.40. The van der Waals surface area contributed by atoms with Crippen LogP contribution in [0.3, 0.4) is 0 Å². The summed E-state index contributed by atoms with van der Waals surface area (Å²) in [5.74, 6) is 1.92. The summed E-state index contributed by atoms with van der Waals surface area (Å²) in [6, 6.07) is 14.0. The molecule has 0 amide bonds. The second kappa shape index (κ2) is 11.7. The zero-order chi connectivity index (χ0) is 25.5. The van der Waals surface area contributed by atoms with Crippen LogP contribution in [-0.4, -0.2) is 55.1 Å². The molecule has 0 spiro atoms. The fourth-order valence-corrected chi connectivity index (χ4v) is 4.13. The quantitative estimate of drug-likeness (QED) is 0.293. The van der Waals surface area contributed by atoms with E-state index in [9.17, 15) is 5.11 Å². The Morgan fingerprint density at radius 3 is 2.47 bits per heavy atom. The van der Waals surface area contributed by atoms with Crippen molar-refractivity contribution in [2.75, 3.05) is 13.2 Å². The summed E-state index contributed by atoms with van der Waals surface area (Å²) in [6.45, 7) is 6.32. The Morgan fingerprint density at radius 2 is 1.81 bits per heavy atom. The summed E-state index contributed by atoms with van der Waals surface area (Å²) in [7, 11) is 0. The minimum absolute atomic E-state index is 0.0500. The molecule has 1 atom stereocenters. The van der Waals surface area contributed by atoms with Crippen LogP contribution in [-0.2, 0) is 19.4 Å². The number of hydrogen-bond acceptors (Lipinski definition) is 8. The molecule has 0 saturated carbocycles. The van der Waals surface area contributed by atoms with E-state index in [2.05, 4.69) is 44.7 Å². The van der Waals surface area contributed by atoms with Gasteiger partial charge in [-0.2, -0.15) is 5.21 Å². The highest BCUT2D eigenvalue weighted by atomic mass is 16.5. The molecule has 36 heavy (non-hydrogen) atoms. The molecule has 3 N–H and O–H groups in total. The number of nitrogens with zero attached hydrogens (tertiary/aromatic N) is 4. The van der Waals surface area contributed by atoms with E-state index in [0.717, 1.165) is 45.4 Å². The highest BCUT2D eigenvalue weighted by Gasteiger charge is 2.14. The molecule has 0 aliphatic heterocycles. The minimum atomic E-state index is -0.897. The molecule has 0 bridgehead atoms. The van der Waals surface area contributed by atoms with E-state index in [-0.39, 0.29) is 13.2 Å². The number of aliphatic hydroxyl groups is 2. The molecule has 9 heteroatoms. The van der Waals surface area contributed by atoms with Gasteiger partial charge in [0.1, 0.15) is 25.1 Å². The fourth-order valence-electron chi connectivity index (χ4n) is 4.13. The van der Waals surface area contributed by atoms with Crippen LogP contribution in [0.25, 0.3) is 11.1 Å². The maximum Gasteiger partial charge on any atom is 0.213 e. The Labute approximate surface area is 210 Å². The highest BCUT2D eigenvalue weighted by molar-refractivity contribution is 5.75. The lowest BCUT2D eigenvalue weighted by molar-refractivity contribution is 0.0536. The largest absolute Gasteiger partial charge is 0.491 e. The van der Waals surface area contributed by atoms with E-state index >= 15 is 0 Å². The van der Waals surface area contributed by atoms with Crippen molar-refractivity contribution in [1.29, 1.82) is 0 Å². The SMILES string of the molecule is Cc1cc(OC[C@@H](O)CO)cc(C)c1-c1cccc(COc2ccc(CCc3nn[nH]n3)cn2)c1C. The molecule has 9 nitrogen and oxygen atoms in total. The normalized spacial score (nSPS) is 11.9. The lowest BCUT2D eigenvalue weighted by Gasteiger charge is -2.18. The first kappa shape index (κ1) is 25.3. The van der Waals surface area contributed by atoms with Crippen LogP contribution in [0.15, 0.2) is 48.7 Å². The summed E-state index contributed by atoms with van der Waals surface area (Å²) in [5, 5.41) is 32.5. The molecule has 4 rings (SSSR count). The van der Waals surface area contributed by atoms with Gasteiger partial charge in [-0.3, -0.25) is 0 Å². The van der Waals surface area contributed by atoms with E-state index in [4.69, 9.17) is 14.6 Å². The fraction of sp³-hybridized carbons (Fsp3) is 0.333. The smallest absolute Gasteiger partial charge is 0.213 e. The number of ether oxygens (including phenoxy) is 2. The van der Waals surface area contributed by atoms with E-state index in [1.165, 1.54) is 0 Å². The van der Waals surface area contributed by atoms with Crippen molar-refractivity contribution in [2.24, 2.45) is 0 Å². The number of H-pyrrole nitrogens is 1. The van der Waals surface area contributed by atoms with Crippen molar-refractivity contribution in [3.05, 3.63) is 82.3 Å². The van der Waals surface area contributed by atoms with Crippen molar-refractivity contribution in [3.8, 4) is 22.8 Å². The predicted octanol–water partition coefficient (Wildman–Crippen LogP) is 3.28. The molecule has 2 aromatic heterocycles. The number of aryl methyl sites for hydroxylation is 4. The van der Waals surface area contributed by atoms with Gasteiger partial charge in [0.15, 0.2) is 5.82 Å². The molecule has 188 valence electrons. The molecule has 4 aromatic rings. The van der Waals surface area contributed by atoms with Crippen molar-refractivity contribution in [1.82, 2.24) is 25.6 Å². The molecular weight excluding hydrogens is 458 g/mol. The van der Waals surface area contributed by atoms with Gasteiger partial charge in [-0.25, -0.2) is 4.98 Å². The van der Waals surface area contributed by atoms with Crippen molar-refractivity contribution >= 4 is 0 Å². The summed E-state index contributed by atoms with van der Waals surface area (Å²) < 4.78 is 11.6. The maximum absolute atomic E-state index is 9.56. The third-order valence-electron chi connectivity index (χ3n) is 6.07. The number of nitrogens with one attached hydrogen (secondary N) is 1. The first-order valence-electron chi connectivity index (χ1n) is 11.9. The molecular formula is C27H31N5O4.